The van der Waals surface area contributed by atoms with Crippen LogP contribution in [0, 0.1) is 0 Å². The molecule has 1 aromatic rings. The van der Waals surface area contributed by atoms with E-state index in [1.165, 1.54) is 18.4 Å². The monoisotopic (exact) mass is 233 g/mol. The van der Waals surface area contributed by atoms with Crippen molar-refractivity contribution in [2.45, 2.75) is 24.9 Å². The standard InChI is InChI=1S/C13H19N3O/c1-2-12(10-3-6-14-7-4-10)13(16-5-1)17-11-8-15-9-11/h1-2,5,10-11,14-15H,3-4,6-9H2. The average molecular weight is 233 g/mol. The summed E-state index contributed by atoms with van der Waals surface area (Å²) in [6, 6.07) is 4.19. The van der Waals surface area contributed by atoms with Gasteiger partial charge in [0.25, 0.3) is 0 Å². The number of hydrogen-bond donors (Lipinski definition) is 2. The van der Waals surface area contributed by atoms with E-state index < -0.39 is 0 Å². The molecular formula is C13H19N3O. The van der Waals surface area contributed by atoms with Crippen LogP contribution < -0.4 is 15.4 Å². The smallest absolute Gasteiger partial charge is 0.217 e. The third kappa shape index (κ3) is 2.42. The highest BCUT2D eigenvalue weighted by atomic mass is 16.5. The highest BCUT2D eigenvalue weighted by Crippen LogP contribution is 2.31. The van der Waals surface area contributed by atoms with Crippen molar-refractivity contribution in [3.8, 4) is 5.88 Å². The van der Waals surface area contributed by atoms with Gasteiger partial charge in [0.15, 0.2) is 0 Å². The highest BCUT2D eigenvalue weighted by molar-refractivity contribution is 5.30. The Labute approximate surface area is 102 Å². The summed E-state index contributed by atoms with van der Waals surface area (Å²) in [5.41, 5.74) is 1.29. The zero-order valence-electron chi connectivity index (χ0n) is 9.98. The maximum absolute atomic E-state index is 5.94. The molecule has 4 nitrogen and oxygen atoms in total. The number of pyridine rings is 1. The van der Waals surface area contributed by atoms with Gasteiger partial charge >= 0.3 is 0 Å². The summed E-state index contributed by atoms with van der Waals surface area (Å²) in [7, 11) is 0. The molecule has 4 heteroatoms. The number of nitrogens with zero attached hydrogens (tertiary/aromatic N) is 1. The zero-order chi connectivity index (χ0) is 11.5. The van der Waals surface area contributed by atoms with Gasteiger partial charge in [-0.1, -0.05) is 6.07 Å². The van der Waals surface area contributed by atoms with E-state index in [0.717, 1.165) is 32.1 Å². The molecule has 3 rings (SSSR count). The maximum Gasteiger partial charge on any atom is 0.217 e. The zero-order valence-corrected chi connectivity index (χ0v) is 9.98. The molecule has 92 valence electrons. The minimum atomic E-state index is 0.311. The van der Waals surface area contributed by atoms with Crippen molar-refractivity contribution in [1.29, 1.82) is 0 Å². The van der Waals surface area contributed by atoms with Gasteiger partial charge in [0, 0.05) is 24.8 Å². The predicted molar refractivity (Wildman–Crippen MR) is 66.4 cm³/mol. The topological polar surface area (TPSA) is 46.2 Å². The maximum atomic E-state index is 5.94. The van der Waals surface area contributed by atoms with Gasteiger partial charge in [-0.15, -0.1) is 0 Å². The molecule has 0 unspecified atom stereocenters. The lowest BCUT2D eigenvalue weighted by Crippen LogP contribution is -2.50. The van der Waals surface area contributed by atoms with Crippen molar-refractivity contribution in [3.05, 3.63) is 23.9 Å². The van der Waals surface area contributed by atoms with Crippen molar-refractivity contribution >= 4 is 0 Å². The predicted octanol–water partition coefficient (Wildman–Crippen LogP) is 0.899. The normalized spacial score (nSPS) is 22.1. The van der Waals surface area contributed by atoms with Gasteiger partial charge in [-0.05, 0) is 37.9 Å². The van der Waals surface area contributed by atoms with Gasteiger partial charge < -0.3 is 15.4 Å². The molecule has 2 N–H and O–H groups in total. The Hall–Kier alpha value is -1.13. The Morgan fingerprint density at radius 3 is 2.71 bits per heavy atom. The quantitative estimate of drug-likeness (QED) is 0.814. The van der Waals surface area contributed by atoms with Crippen LogP contribution in [0.15, 0.2) is 18.3 Å². The minimum absolute atomic E-state index is 0.311. The first-order chi connectivity index (χ1) is 8.43. The molecule has 0 aromatic carbocycles. The van der Waals surface area contributed by atoms with Crippen molar-refractivity contribution in [1.82, 2.24) is 15.6 Å². The summed E-state index contributed by atoms with van der Waals surface area (Å²) in [5.74, 6) is 1.46. The van der Waals surface area contributed by atoms with Gasteiger partial charge in [-0.25, -0.2) is 4.98 Å². The molecule has 1 aromatic heterocycles. The fourth-order valence-corrected chi connectivity index (χ4v) is 2.45. The van der Waals surface area contributed by atoms with Crippen molar-refractivity contribution in [2.24, 2.45) is 0 Å². The third-order valence-corrected chi connectivity index (χ3v) is 3.60. The summed E-state index contributed by atoms with van der Waals surface area (Å²) in [5, 5.41) is 6.61. The number of rotatable bonds is 3. The van der Waals surface area contributed by atoms with Gasteiger partial charge in [0.1, 0.15) is 6.10 Å². The lowest BCUT2D eigenvalue weighted by Gasteiger charge is -2.30. The van der Waals surface area contributed by atoms with Crippen LogP contribution in [-0.4, -0.2) is 37.3 Å². The number of piperidine rings is 1. The Kier molecular flexibility index (Phi) is 3.25. The fraction of sp³-hybridized carbons (Fsp3) is 0.615. The lowest BCUT2D eigenvalue weighted by atomic mass is 9.91. The van der Waals surface area contributed by atoms with Gasteiger partial charge in [0.05, 0.1) is 0 Å². The summed E-state index contributed by atoms with van der Waals surface area (Å²) in [6.45, 7) is 4.10. The average Bonchev–Trinajstić information content (AvgIpc) is 2.35. The van der Waals surface area contributed by atoms with E-state index in [-0.39, 0.29) is 0 Å². The summed E-state index contributed by atoms with van der Waals surface area (Å²) >= 11 is 0. The second kappa shape index (κ2) is 5.02. The second-order valence-electron chi connectivity index (χ2n) is 4.82. The van der Waals surface area contributed by atoms with Gasteiger partial charge in [0.2, 0.25) is 5.88 Å². The van der Waals surface area contributed by atoms with E-state index in [9.17, 15) is 0 Å². The van der Waals surface area contributed by atoms with Gasteiger partial charge in [-0.3, -0.25) is 0 Å². The van der Waals surface area contributed by atoms with E-state index >= 15 is 0 Å². The molecule has 0 aliphatic carbocycles. The highest BCUT2D eigenvalue weighted by Gasteiger charge is 2.24. The molecule has 3 heterocycles. The van der Waals surface area contributed by atoms with Crippen LogP contribution >= 0.6 is 0 Å². The first-order valence-electron chi connectivity index (χ1n) is 6.46. The second-order valence-corrected chi connectivity index (χ2v) is 4.82. The molecule has 0 bridgehead atoms. The third-order valence-electron chi connectivity index (χ3n) is 3.60. The van der Waals surface area contributed by atoms with Crippen molar-refractivity contribution in [2.75, 3.05) is 26.2 Å². The first kappa shape index (κ1) is 11.0. The van der Waals surface area contributed by atoms with Crippen LogP contribution in [0.25, 0.3) is 0 Å². The molecule has 17 heavy (non-hydrogen) atoms. The van der Waals surface area contributed by atoms with E-state index in [4.69, 9.17) is 4.74 Å². The van der Waals surface area contributed by atoms with Crippen molar-refractivity contribution in [3.63, 3.8) is 0 Å². The molecule has 0 saturated carbocycles. The van der Waals surface area contributed by atoms with Crippen LogP contribution in [0.1, 0.15) is 24.3 Å². The molecule has 0 radical (unpaired) electrons. The SMILES string of the molecule is c1cnc(OC2CNC2)c(C2CCNCC2)c1. The summed E-state index contributed by atoms with van der Waals surface area (Å²) < 4.78 is 5.94. The molecular weight excluding hydrogens is 214 g/mol. The lowest BCUT2D eigenvalue weighted by molar-refractivity contribution is 0.133. The summed E-state index contributed by atoms with van der Waals surface area (Å²) in [4.78, 5) is 4.41. The molecule has 2 fully saturated rings. The van der Waals surface area contributed by atoms with Crippen LogP contribution in [0.2, 0.25) is 0 Å². The van der Waals surface area contributed by atoms with Gasteiger partial charge in [-0.2, -0.15) is 0 Å². The Balaban J connectivity index is 1.76. The Morgan fingerprint density at radius 1 is 1.18 bits per heavy atom. The number of hydrogen-bond acceptors (Lipinski definition) is 4. The first-order valence-corrected chi connectivity index (χ1v) is 6.46. The van der Waals surface area contributed by atoms with Crippen LogP contribution in [0.4, 0.5) is 0 Å². The number of ether oxygens (including phenoxy) is 1. The number of aromatic nitrogens is 1. The van der Waals surface area contributed by atoms with E-state index in [1.807, 2.05) is 12.3 Å². The van der Waals surface area contributed by atoms with Crippen LogP contribution in [-0.2, 0) is 0 Å². The molecule has 2 aliphatic rings. The Morgan fingerprint density at radius 2 is 2.00 bits per heavy atom. The molecule has 0 atom stereocenters. The largest absolute Gasteiger partial charge is 0.471 e. The molecule has 2 aliphatic heterocycles. The molecule has 0 amide bonds. The van der Waals surface area contributed by atoms with E-state index in [0.29, 0.717) is 12.0 Å². The molecule has 0 spiro atoms. The van der Waals surface area contributed by atoms with Crippen LogP contribution in [0.5, 0.6) is 5.88 Å². The Bertz CT molecular complexity index is 373. The van der Waals surface area contributed by atoms with E-state index in [1.54, 1.807) is 0 Å². The molecule has 2 saturated heterocycles. The fourth-order valence-electron chi connectivity index (χ4n) is 2.45. The van der Waals surface area contributed by atoms with E-state index in [2.05, 4.69) is 21.7 Å². The van der Waals surface area contributed by atoms with Crippen LogP contribution in [0.3, 0.4) is 0 Å². The summed E-state index contributed by atoms with van der Waals surface area (Å²) in [6.07, 6.45) is 4.51. The minimum Gasteiger partial charge on any atom is -0.471 e. The number of nitrogens with one attached hydrogen (secondary N) is 2. The van der Waals surface area contributed by atoms with Crippen molar-refractivity contribution < 1.29 is 4.74 Å².